The molecule has 0 bridgehead atoms. The summed E-state index contributed by atoms with van der Waals surface area (Å²) in [5, 5.41) is 3.79. The zero-order valence-corrected chi connectivity index (χ0v) is 11.3. The highest BCUT2D eigenvalue weighted by Gasteiger charge is 2.26. The number of nitrogens with one attached hydrogen (secondary N) is 1. The first-order chi connectivity index (χ1) is 8.15. The minimum Gasteiger partial charge on any atom is -0.336 e. The molecule has 0 amide bonds. The fraction of sp³-hybridized carbons (Fsp3) is 0.786. The average molecular weight is 235 g/mol. The Balaban J connectivity index is 1.82. The molecule has 1 aliphatic carbocycles. The van der Waals surface area contributed by atoms with E-state index < -0.39 is 0 Å². The van der Waals surface area contributed by atoms with E-state index in [9.17, 15) is 0 Å². The van der Waals surface area contributed by atoms with Crippen LogP contribution >= 0.6 is 0 Å². The lowest BCUT2D eigenvalue weighted by molar-refractivity contribution is 0.211. The van der Waals surface area contributed by atoms with Crippen molar-refractivity contribution < 1.29 is 0 Å². The van der Waals surface area contributed by atoms with Crippen LogP contribution in [-0.4, -0.2) is 21.6 Å². The quantitative estimate of drug-likeness (QED) is 0.869. The van der Waals surface area contributed by atoms with E-state index in [1.165, 1.54) is 19.3 Å². The summed E-state index contributed by atoms with van der Waals surface area (Å²) in [4.78, 5) is 4.08. The van der Waals surface area contributed by atoms with Gasteiger partial charge in [0.05, 0.1) is 6.33 Å². The number of nitrogens with zero attached hydrogens (tertiary/aromatic N) is 2. The van der Waals surface area contributed by atoms with Crippen molar-refractivity contribution in [2.75, 3.05) is 0 Å². The first kappa shape index (κ1) is 12.6. The first-order valence-corrected chi connectivity index (χ1v) is 6.87. The summed E-state index contributed by atoms with van der Waals surface area (Å²) < 4.78 is 2.15. The Morgan fingerprint density at radius 1 is 1.41 bits per heavy atom. The third-order valence-corrected chi connectivity index (χ3v) is 4.00. The van der Waals surface area contributed by atoms with Gasteiger partial charge in [-0.1, -0.05) is 20.3 Å². The molecule has 3 nitrogen and oxygen atoms in total. The molecule has 17 heavy (non-hydrogen) atoms. The number of hydrogen-bond acceptors (Lipinski definition) is 2. The minimum atomic E-state index is 0.516. The van der Waals surface area contributed by atoms with Gasteiger partial charge in [0.25, 0.3) is 0 Å². The van der Waals surface area contributed by atoms with E-state index in [2.05, 4.69) is 35.6 Å². The molecule has 1 fully saturated rings. The van der Waals surface area contributed by atoms with Gasteiger partial charge >= 0.3 is 0 Å². The van der Waals surface area contributed by atoms with Crippen LogP contribution in [0.3, 0.4) is 0 Å². The summed E-state index contributed by atoms with van der Waals surface area (Å²) in [5.41, 5.74) is 0. The van der Waals surface area contributed by atoms with Gasteiger partial charge in [0.2, 0.25) is 0 Å². The lowest BCUT2D eigenvalue weighted by Crippen LogP contribution is -2.45. The summed E-state index contributed by atoms with van der Waals surface area (Å²) >= 11 is 0. The average Bonchev–Trinajstić information content (AvgIpc) is 2.76. The smallest absolute Gasteiger partial charge is 0.0946 e. The van der Waals surface area contributed by atoms with Crippen LogP contribution in [0, 0.1) is 11.8 Å². The van der Waals surface area contributed by atoms with Crippen LogP contribution in [0.2, 0.25) is 0 Å². The van der Waals surface area contributed by atoms with Gasteiger partial charge in [0, 0.05) is 31.0 Å². The molecule has 0 radical (unpaired) electrons. The summed E-state index contributed by atoms with van der Waals surface area (Å²) in [5.74, 6) is 1.69. The SMILES string of the molecule is CC1CCC(C)C(NC(C)Cn2ccnc2)C1. The number of aromatic nitrogens is 2. The Kier molecular flexibility index (Phi) is 4.21. The lowest BCUT2D eigenvalue weighted by Gasteiger charge is -2.35. The van der Waals surface area contributed by atoms with Crippen LogP contribution in [0.1, 0.15) is 40.0 Å². The number of rotatable bonds is 4. The second-order valence-electron chi connectivity index (χ2n) is 5.83. The molecule has 1 saturated carbocycles. The minimum absolute atomic E-state index is 0.516. The highest BCUT2D eigenvalue weighted by atomic mass is 15.1. The van der Waals surface area contributed by atoms with Crippen molar-refractivity contribution in [2.24, 2.45) is 11.8 Å². The van der Waals surface area contributed by atoms with Gasteiger partial charge in [-0.2, -0.15) is 0 Å². The fourth-order valence-corrected chi connectivity index (χ4v) is 2.89. The molecular weight excluding hydrogens is 210 g/mol. The summed E-state index contributed by atoms with van der Waals surface area (Å²) in [6.45, 7) is 8.04. The Labute approximate surface area is 105 Å². The molecule has 1 N–H and O–H groups in total. The van der Waals surface area contributed by atoms with Crippen LogP contribution < -0.4 is 5.32 Å². The normalized spacial score (nSPS) is 31.4. The van der Waals surface area contributed by atoms with Gasteiger partial charge in [-0.15, -0.1) is 0 Å². The van der Waals surface area contributed by atoms with Gasteiger partial charge in [-0.3, -0.25) is 0 Å². The lowest BCUT2D eigenvalue weighted by atomic mass is 9.80. The van der Waals surface area contributed by atoms with Gasteiger partial charge in [0.15, 0.2) is 0 Å². The topological polar surface area (TPSA) is 29.9 Å². The molecule has 3 heteroatoms. The molecular formula is C14H25N3. The second kappa shape index (κ2) is 5.67. The van der Waals surface area contributed by atoms with E-state index in [0.29, 0.717) is 12.1 Å². The standard InChI is InChI=1S/C14H25N3/c1-11-4-5-12(2)14(8-11)16-13(3)9-17-7-6-15-10-17/h6-7,10-14,16H,4-5,8-9H2,1-3H3. The maximum atomic E-state index is 4.08. The Morgan fingerprint density at radius 2 is 2.24 bits per heavy atom. The maximum Gasteiger partial charge on any atom is 0.0946 e. The molecule has 2 rings (SSSR count). The van der Waals surface area contributed by atoms with E-state index in [-0.39, 0.29) is 0 Å². The van der Waals surface area contributed by atoms with Crippen LogP contribution in [0.5, 0.6) is 0 Å². The molecule has 4 unspecified atom stereocenters. The molecule has 0 spiro atoms. The molecule has 1 aromatic heterocycles. The van der Waals surface area contributed by atoms with Crippen LogP contribution in [0.4, 0.5) is 0 Å². The molecule has 1 aromatic rings. The van der Waals surface area contributed by atoms with E-state index in [4.69, 9.17) is 0 Å². The Bertz CT molecular complexity index is 320. The third kappa shape index (κ3) is 3.56. The van der Waals surface area contributed by atoms with E-state index in [1.807, 2.05) is 18.7 Å². The Hall–Kier alpha value is -0.830. The fourth-order valence-electron chi connectivity index (χ4n) is 2.89. The van der Waals surface area contributed by atoms with Crippen molar-refractivity contribution >= 4 is 0 Å². The number of imidazole rings is 1. The summed E-state index contributed by atoms with van der Waals surface area (Å²) in [7, 11) is 0. The Morgan fingerprint density at radius 3 is 2.94 bits per heavy atom. The number of hydrogen-bond donors (Lipinski definition) is 1. The van der Waals surface area contributed by atoms with Gasteiger partial charge in [0.1, 0.15) is 0 Å². The molecule has 4 atom stereocenters. The van der Waals surface area contributed by atoms with Crippen LogP contribution in [0.25, 0.3) is 0 Å². The highest BCUT2D eigenvalue weighted by molar-refractivity contribution is 4.84. The monoisotopic (exact) mass is 235 g/mol. The molecule has 0 saturated heterocycles. The van der Waals surface area contributed by atoms with Crippen molar-refractivity contribution in [3.63, 3.8) is 0 Å². The molecule has 0 aliphatic heterocycles. The van der Waals surface area contributed by atoms with Crippen molar-refractivity contribution in [1.82, 2.24) is 14.9 Å². The summed E-state index contributed by atoms with van der Waals surface area (Å²) in [6, 6.07) is 1.21. The third-order valence-electron chi connectivity index (χ3n) is 4.00. The van der Waals surface area contributed by atoms with E-state index in [1.54, 1.807) is 0 Å². The van der Waals surface area contributed by atoms with Crippen molar-refractivity contribution in [2.45, 2.75) is 58.7 Å². The predicted octanol–water partition coefficient (Wildman–Crippen LogP) is 2.69. The molecule has 1 aliphatic rings. The zero-order valence-electron chi connectivity index (χ0n) is 11.3. The van der Waals surface area contributed by atoms with Crippen LogP contribution in [0.15, 0.2) is 18.7 Å². The van der Waals surface area contributed by atoms with Crippen LogP contribution in [-0.2, 0) is 6.54 Å². The zero-order chi connectivity index (χ0) is 12.3. The molecule has 96 valence electrons. The van der Waals surface area contributed by atoms with Gasteiger partial charge < -0.3 is 9.88 Å². The van der Waals surface area contributed by atoms with Crippen molar-refractivity contribution in [1.29, 1.82) is 0 Å². The van der Waals surface area contributed by atoms with E-state index in [0.717, 1.165) is 18.4 Å². The maximum absolute atomic E-state index is 4.08. The van der Waals surface area contributed by atoms with Gasteiger partial charge in [-0.25, -0.2) is 4.98 Å². The second-order valence-corrected chi connectivity index (χ2v) is 5.83. The first-order valence-electron chi connectivity index (χ1n) is 6.87. The molecule has 0 aromatic carbocycles. The van der Waals surface area contributed by atoms with Gasteiger partial charge in [-0.05, 0) is 31.6 Å². The highest BCUT2D eigenvalue weighted by Crippen LogP contribution is 2.28. The largest absolute Gasteiger partial charge is 0.336 e. The van der Waals surface area contributed by atoms with E-state index >= 15 is 0 Å². The predicted molar refractivity (Wildman–Crippen MR) is 70.8 cm³/mol. The van der Waals surface area contributed by atoms with Crippen molar-refractivity contribution in [3.05, 3.63) is 18.7 Å². The molecule has 1 heterocycles. The summed E-state index contributed by atoms with van der Waals surface area (Å²) in [6.07, 6.45) is 9.87. The van der Waals surface area contributed by atoms with Crippen molar-refractivity contribution in [3.8, 4) is 0 Å².